The van der Waals surface area contributed by atoms with Gasteiger partial charge in [0.05, 0.1) is 18.5 Å². The summed E-state index contributed by atoms with van der Waals surface area (Å²) in [6.07, 6.45) is 4.18. The summed E-state index contributed by atoms with van der Waals surface area (Å²) in [4.78, 5) is 25.1. The average molecular weight is 319 g/mol. The number of thiophene rings is 1. The summed E-state index contributed by atoms with van der Waals surface area (Å²) >= 11 is 1.45. The minimum Gasteiger partial charge on any atom is -0.369 e. The first-order chi connectivity index (χ1) is 10.4. The second kappa shape index (κ2) is 6.58. The van der Waals surface area contributed by atoms with Gasteiger partial charge in [0, 0.05) is 11.6 Å². The number of primary amides is 1. The average Bonchev–Trinajstić information content (AvgIpc) is 3.04. The largest absolute Gasteiger partial charge is 0.369 e. The third-order valence-corrected chi connectivity index (χ3v) is 5.03. The Morgan fingerprint density at radius 1 is 1.36 bits per heavy atom. The van der Waals surface area contributed by atoms with E-state index in [4.69, 9.17) is 5.73 Å². The first kappa shape index (κ1) is 16.6. The maximum absolute atomic E-state index is 12.9. The predicted octanol–water partition coefficient (Wildman–Crippen LogP) is 3.22. The van der Waals surface area contributed by atoms with Crippen LogP contribution in [0.25, 0.3) is 0 Å². The number of rotatable bonds is 7. The highest BCUT2D eigenvalue weighted by Crippen LogP contribution is 2.38. The molecule has 118 valence electrons. The van der Waals surface area contributed by atoms with E-state index in [0.29, 0.717) is 4.48 Å². The summed E-state index contributed by atoms with van der Waals surface area (Å²) in [7, 11) is 2.02. The fourth-order valence-electron chi connectivity index (χ4n) is 3.06. The van der Waals surface area contributed by atoms with E-state index in [0.717, 1.165) is 41.2 Å². The van der Waals surface area contributed by atoms with Crippen LogP contribution >= 0.6 is 11.3 Å². The first-order valence-corrected chi connectivity index (χ1v) is 8.42. The number of nitrogens with two attached hydrogens (primary N) is 1. The lowest BCUT2D eigenvalue weighted by Gasteiger charge is -2.33. The van der Waals surface area contributed by atoms with Crippen molar-refractivity contribution in [1.82, 2.24) is 0 Å². The van der Waals surface area contributed by atoms with E-state index in [1.807, 2.05) is 37.6 Å². The van der Waals surface area contributed by atoms with Crippen LogP contribution in [0.2, 0.25) is 0 Å². The van der Waals surface area contributed by atoms with Crippen molar-refractivity contribution in [2.24, 2.45) is 5.73 Å². The van der Waals surface area contributed by atoms with E-state index in [9.17, 15) is 9.59 Å². The Kier molecular flexibility index (Phi) is 4.98. The van der Waals surface area contributed by atoms with Crippen LogP contribution in [0.1, 0.15) is 42.8 Å². The molecule has 0 saturated heterocycles. The van der Waals surface area contributed by atoms with E-state index in [2.05, 4.69) is 6.92 Å². The molecule has 0 aliphatic carbocycles. The predicted molar refractivity (Wildman–Crippen MR) is 89.2 cm³/mol. The van der Waals surface area contributed by atoms with Crippen LogP contribution in [0.3, 0.4) is 0 Å². The summed E-state index contributed by atoms with van der Waals surface area (Å²) < 4.78 is 0.402. The topological polar surface area (TPSA) is 60.2 Å². The summed E-state index contributed by atoms with van der Waals surface area (Å²) in [6, 6.07) is 3.74. The highest BCUT2D eigenvalue weighted by molar-refractivity contribution is 7.12. The molecule has 0 radical (unpaired) electrons. The molecule has 0 saturated carbocycles. The molecule has 0 spiro atoms. The van der Waals surface area contributed by atoms with Crippen molar-refractivity contribution in [1.29, 1.82) is 0 Å². The number of unbranched alkanes of at least 4 members (excludes halogenated alkanes) is 1. The standard InChI is InChI=1S/C17H22N2O2S/c1-4-5-8-19(3)13(11-15(18)20)10-12(2)16(19)17(21)14-7-6-9-22-14/h6-7,9-10H,4-5,8,11H2,1-3H3,(H-,18,20)/p+1. The van der Waals surface area contributed by atoms with Crippen molar-refractivity contribution in [2.75, 3.05) is 13.6 Å². The zero-order chi connectivity index (χ0) is 16.3. The number of carbonyl (C=O) groups excluding carboxylic acids is 2. The number of likely N-dealkylation sites (N-methyl/N-ethyl adjacent to an activating group) is 1. The minimum absolute atomic E-state index is 0.0572. The van der Waals surface area contributed by atoms with Crippen LogP contribution in [0.4, 0.5) is 0 Å². The molecule has 2 rings (SSSR count). The van der Waals surface area contributed by atoms with Gasteiger partial charge in [-0.3, -0.25) is 14.1 Å². The van der Waals surface area contributed by atoms with Crippen molar-refractivity contribution >= 4 is 23.0 Å². The molecule has 2 heterocycles. The smallest absolute Gasteiger partial charge is 0.256 e. The van der Waals surface area contributed by atoms with Gasteiger partial charge in [0.25, 0.3) is 5.78 Å². The van der Waals surface area contributed by atoms with Gasteiger partial charge in [-0.25, -0.2) is 0 Å². The van der Waals surface area contributed by atoms with Gasteiger partial charge in [0.1, 0.15) is 12.1 Å². The lowest BCUT2D eigenvalue weighted by molar-refractivity contribution is -0.828. The van der Waals surface area contributed by atoms with Gasteiger partial charge in [-0.2, -0.15) is 0 Å². The molecule has 1 atom stereocenters. The molecule has 0 bridgehead atoms. The van der Waals surface area contributed by atoms with E-state index in [1.165, 1.54) is 11.3 Å². The van der Waals surface area contributed by atoms with Crippen molar-refractivity contribution in [3.05, 3.63) is 45.4 Å². The number of nitrogens with zero attached hydrogens (tertiary/aromatic N) is 1. The first-order valence-electron chi connectivity index (χ1n) is 7.54. The van der Waals surface area contributed by atoms with E-state index in [-0.39, 0.29) is 18.1 Å². The fraction of sp³-hybridized carbons (Fsp3) is 0.412. The van der Waals surface area contributed by atoms with E-state index in [1.54, 1.807) is 0 Å². The summed E-state index contributed by atoms with van der Waals surface area (Å²) in [6.45, 7) is 4.87. The molecule has 1 aromatic rings. The number of ketones is 1. The highest BCUT2D eigenvalue weighted by atomic mass is 32.1. The Morgan fingerprint density at radius 3 is 2.64 bits per heavy atom. The molecule has 1 aliphatic rings. The Bertz CT molecular complexity index is 644. The maximum Gasteiger partial charge on any atom is 0.256 e. The van der Waals surface area contributed by atoms with Gasteiger partial charge in [0.2, 0.25) is 5.91 Å². The quantitative estimate of drug-likeness (QED) is 0.619. The molecule has 2 N–H and O–H groups in total. The molecular formula is C17H23N2O2S+. The summed E-state index contributed by atoms with van der Waals surface area (Å²) in [5.41, 5.74) is 8.02. The minimum atomic E-state index is -0.357. The number of hydrogen-bond acceptors (Lipinski definition) is 3. The summed E-state index contributed by atoms with van der Waals surface area (Å²) in [5.74, 6) is -0.299. The van der Waals surface area contributed by atoms with Crippen LogP contribution in [0.15, 0.2) is 40.6 Å². The van der Waals surface area contributed by atoms with Crippen molar-refractivity contribution in [3.63, 3.8) is 0 Å². The highest BCUT2D eigenvalue weighted by Gasteiger charge is 2.43. The molecular weight excluding hydrogens is 296 g/mol. The Morgan fingerprint density at radius 2 is 2.09 bits per heavy atom. The van der Waals surface area contributed by atoms with Gasteiger partial charge >= 0.3 is 0 Å². The molecule has 4 nitrogen and oxygen atoms in total. The Labute approximate surface area is 135 Å². The van der Waals surface area contributed by atoms with E-state index >= 15 is 0 Å². The number of amides is 1. The SMILES string of the molecule is CCCC[N+]1(C)C(CC(N)=O)=CC(C)=C1C(=O)c1cccs1. The molecule has 1 aromatic heterocycles. The van der Waals surface area contributed by atoms with Gasteiger partial charge in [-0.15, -0.1) is 11.3 Å². The van der Waals surface area contributed by atoms with Crippen molar-refractivity contribution in [2.45, 2.75) is 33.1 Å². The van der Waals surface area contributed by atoms with E-state index < -0.39 is 0 Å². The maximum atomic E-state index is 12.9. The molecule has 5 heteroatoms. The number of allylic oxidation sites excluding steroid dienone is 3. The van der Waals surface area contributed by atoms with Crippen molar-refractivity contribution in [3.8, 4) is 0 Å². The van der Waals surface area contributed by atoms with Crippen LogP contribution in [0, 0.1) is 0 Å². The fourth-order valence-corrected chi connectivity index (χ4v) is 3.72. The molecule has 1 aliphatic heterocycles. The van der Waals surface area contributed by atoms with Gasteiger partial charge in [0.15, 0.2) is 5.70 Å². The van der Waals surface area contributed by atoms with Crippen LogP contribution in [-0.2, 0) is 4.79 Å². The molecule has 1 unspecified atom stereocenters. The normalized spacial score (nSPS) is 21.1. The third-order valence-electron chi connectivity index (χ3n) is 4.16. The second-order valence-corrected chi connectivity index (χ2v) is 6.83. The number of hydrogen-bond donors (Lipinski definition) is 1. The monoisotopic (exact) mass is 319 g/mol. The molecule has 0 aromatic carbocycles. The van der Waals surface area contributed by atoms with Crippen LogP contribution < -0.4 is 5.73 Å². The summed E-state index contributed by atoms with van der Waals surface area (Å²) in [5, 5.41) is 1.91. The Hall–Kier alpha value is -1.72. The lowest BCUT2D eigenvalue weighted by atomic mass is 10.1. The van der Waals surface area contributed by atoms with Gasteiger partial charge < -0.3 is 5.73 Å². The molecule has 1 amide bonds. The van der Waals surface area contributed by atoms with Crippen molar-refractivity contribution < 1.29 is 14.1 Å². The van der Waals surface area contributed by atoms with Gasteiger partial charge in [-0.05, 0) is 24.8 Å². The number of Topliss-reactive ketones (excluding diaryl/α,β-unsaturated/α-hetero) is 1. The van der Waals surface area contributed by atoms with Crippen LogP contribution in [-0.4, -0.2) is 29.8 Å². The van der Waals surface area contributed by atoms with Gasteiger partial charge in [-0.1, -0.05) is 19.4 Å². The molecule has 22 heavy (non-hydrogen) atoms. The Balaban J connectivity index is 2.41. The lowest BCUT2D eigenvalue weighted by Crippen LogP contribution is -2.44. The van der Waals surface area contributed by atoms with Crippen LogP contribution in [0.5, 0.6) is 0 Å². The third kappa shape index (κ3) is 3.05. The molecule has 0 fully saturated rings. The zero-order valence-corrected chi connectivity index (χ0v) is 14.2. The zero-order valence-electron chi connectivity index (χ0n) is 13.4. The number of quaternary nitrogens is 1. The second-order valence-electron chi connectivity index (χ2n) is 5.89. The number of carbonyl (C=O) groups is 2.